The van der Waals surface area contributed by atoms with E-state index in [4.69, 9.17) is 48.1 Å². The summed E-state index contributed by atoms with van der Waals surface area (Å²) in [7, 11) is 1.53. The molecule has 2 aliphatic heterocycles. The molecule has 1 amide bonds. The van der Waals surface area contributed by atoms with Gasteiger partial charge in [0, 0.05) is 49.6 Å². The van der Waals surface area contributed by atoms with Gasteiger partial charge < -0.3 is 24.8 Å². The Bertz CT molecular complexity index is 1370. The number of benzene rings is 1. The second-order valence-corrected chi connectivity index (χ2v) is 11.4. The summed E-state index contributed by atoms with van der Waals surface area (Å²) >= 11 is 12.7. The fourth-order valence-corrected chi connectivity index (χ4v) is 5.35. The lowest BCUT2D eigenvalue weighted by Gasteiger charge is -2.40. The van der Waals surface area contributed by atoms with Gasteiger partial charge in [-0.3, -0.25) is 4.99 Å². The van der Waals surface area contributed by atoms with Crippen molar-refractivity contribution in [2.45, 2.75) is 58.0 Å². The molecular formula is C29H33Cl2FN4O4. The van der Waals surface area contributed by atoms with Crippen LogP contribution in [0, 0.1) is 5.82 Å². The number of hydrogen-bond donors (Lipinski definition) is 1. The van der Waals surface area contributed by atoms with Crippen molar-refractivity contribution in [3.05, 3.63) is 75.3 Å². The zero-order valence-electron chi connectivity index (χ0n) is 23.1. The SMILES string of the molecule is CO[C@@]1(OC(C)c2c(Cl)ccc(F)c2Cl)CC(c2ccc(N)nc2)=CN=C1C1=CCN(C(=O)OC(C)(C)C)CC1. The minimum atomic E-state index is -1.39. The van der Waals surface area contributed by atoms with Crippen molar-refractivity contribution in [1.29, 1.82) is 0 Å². The molecular weight excluding hydrogens is 558 g/mol. The average Bonchev–Trinajstić information content (AvgIpc) is 2.90. The topological polar surface area (TPSA) is 99.3 Å². The van der Waals surface area contributed by atoms with Gasteiger partial charge in [0.2, 0.25) is 5.79 Å². The Balaban J connectivity index is 1.71. The van der Waals surface area contributed by atoms with E-state index in [2.05, 4.69) is 4.98 Å². The smallest absolute Gasteiger partial charge is 0.410 e. The predicted molar refractivity (Wildman–Crippen MR) is 155 cm³/mol. The monoisotopic (exact) mass is 590 g/mol. The molecule has 0 bridgehead atoms. The van der Waals surface area contributed by atoms with Crippen molar-refractivity contribution in [1.82, 2.24) is 9.88 Å². The number of pyridine rings is 1. The Kier molecular flexibility index (Phi) is 8.89. The Morgan fingerprint density at radius 1 is 1.20 bits per heavy atom. The van der Waals surface area contributed by atoms with E-state index in [1.54, 1.807) is 30.3 Å². The fraction of sp³-hybridized carbons (Fsp3) is 0.414. The molecule has 0 aliphatic carbocycles. The van der Waals surface area contributed by atoms with Gasteiger partial charge in [0.1, 0.15) is 22.9 Å². The summed E-state index contributed by atoms with van der Waals surface area (Å²) in [4.78, 5) is 23.2. The Labute approximate surface area is 243 Å². The summed E-state index contributed by atoms with van der Waals surface area (Å²) < 4.78 is 32.6. The first-order chi connectivity index (χ1) is 18.8. The Hall–Kier alpha value is -2.98. The van der Waals surface area contributed by atoms with E-state index in [-0.39, 0.29) is 22.6 Å². The number of amides is 1. The zero-order chi connectivity index (χ0) is 29.2. The number of nitrogens with zero attached hydrogens (tertiary/aromatic N) is 3. The Morgan fingerprint density at radius 3 is 2.55 bits per heavy atom. The number of carbonyl (C=O) groups excluding carboxylic acids is 1. The van der Waals surface area contributed by atoms with Crippen LogP contribution in [0.2, 0.25) is 10.0 Å². The van der Waals surface area contributed by atoms with Crippen LogP contribution in [0.3, 0.4) is 0 Å². The van der Waals surface area contributed by atoms with Gasteiger partial charge in [-0.2, -0.15) is 0 Å². The third kappa shape index (κ3) is 6.49. The van der Waals surface area contributed by atoms with E-state index in [0.717, 1.165) is 16.7 Å². The number of aliphatic imine (C=N–C) groups is 1. The molecule has 2 aromatic rings. The van der Waals surface area contributed by atoms with Crippen LogP contribution in [-0.2, 0) is 14.2 Å². The van der Waals surface area contributed by atoms with Crippen molar-refractivity contribution in [2.75, 3.05) is 25.9 Å². The minimum absolute atomic E-state index is 0.121. The van der Waals surface area contributed by atoms with Crippen LogP contribution in [0.1, 0.15) is 57.8 Å². The van der Waals surface area contributed by atoms with Gasteiger partial charge in [-0.15, -0.1) is 0 Å². The molecule has 40 heavy (non-hydrogen) atoms. The van der Waals surface area contributed by atoms with Crippen molar-refractivity contribution in [3.8, 4) is 0 Å². The summed E-state index contributed by atoms with van der Waals surface area (Å²) in [6.07, 6.45) is 4.92. The van der Waals surface area contributed by atoms with Crippen LogP contribution in [-0.4, -0.2) is 53.3 Å². The molecule has 2 atom stereocenters. The summed E-state index contributed by atoms with van der Waals surface area (Å²) in [5.41, 5.74) is 8.49. The first-order valence-corrected chi connectivity index (χ1v) is 13.6. The lowest BCUT2D eigenvalue weighted by Crippen LogP contribution is -2.48. The van der Waals surface area contributed by atoms with Gasteiger partial charge in [-0.1, -0.05) is 29.3 Å². The largest absolute Gasteiger partial charge is 0.444 e. The number of halogens is 3. The molecule has 1 aromatic carbocycles. The molecule has 1 unspecified atom stereocenters. The van der Waals surface area contributed by atoms with Crippen LogP contribution >= 0.6 is 23.2 Å². The number of anilines is 1. The highest BCUT2D eigenvalue weighted by Crippen LogP contribution is 2.42. The summed E-state index contributed by atoms with van der Waals surface area (Å²) in [5, 5.41) is 0.145. The van der Waals surface area contributed by atoms with E-state index in [9.17, 15) is 9.18 Å². The van der Waals surface area contributed by atoms with Gasteiger partial charge >= 0.3 is 6.09 Å². The number of hydrogen-bond acceptors (Lipinski definition) is 7. The van der Waals surface area contributed by atoms with Crippen LogP contribution < -0.4 is 5.73 Å². The highest BCUT2D eigenvalue weighted by atomic mass is 35.5. The third-order valence-electron chi connectivity index (χ3n) is 6.64. The molecule has 8 nitrogen and oxygen atoms in total. The second-order valence-electron chi connectivity index (χ2n) is 10.7. The number of nitrogen functional groups attached to an aromatic ring is 1. The summed E-state index contributed by atoms with van der Waals surface area (Å²) in [5.74, 6) is -1.60. The number of carbonyl (C=O) groups is 1. The lowest BCUT2D eigenvalue weighted by molar-refractivity contribution is -0.195. The third-order valence-corrected chi connectivity index (χ3v) is 7.35. The van der Waals surface area contributed by atoms with Crippen LogP contribution in [0.5, 0.6) is 0 Å². The van der Waals surface area contributed by atoms with Crippen molar-refractivity contribution in [3.63, 3.8) is 0 Å². The second kappa shape index (κ2) is 11.9. The number of aromatic nitrogens is 1. The van der Waals surface area contributed by atoms with E-state index in [1.807, 2.05) is 32.9 Å². The lowest BCUT2D eigenvalue weighted by atomic mass is 9.88. The zero-order valence-corrected chi connectivity index (χ0v) is 24.6. The number of ether oxygens (including phenoxy) is 3. The van der Waals surface area contributed by atoms with Gasteiger partial charge in [0.15, 0.2) is 0 Å². The number of nitrogens with two attached hydrogens (primary N) is 1. The number of rotatable bonds is 6. The maximum Gasteiger partial charge on any atom is 0.410 e. The summed E-state index contributed by atoms with van der Waals surface area (Å²) in [6.45, 7) is 7.97. The molecule has 0 saturated heterocycles. The van der Waals surface area contributed by atoms with E-state index in [0.29, 0.717) is 36.6 Å². The van der Waals surface area contributed by atoms with Gasteiger partial charge in [0.05, 0.1) is 11.1 Å². The van der Waals surface area contributed by atoms with E-state index >= 15 is 0 Å². The molecule has 11 heteroatoms. The molecule has 0 spiro atoms. The molecule has 1 aromatic heterocycles. The van der Waals surface area contributed by atoms with E-state index < -0.39 is 23.3 Å². The maximum atomic E-state index is 14.4. The van der Waals surface area contributed by atoms with Gasteiger partial charge in [0.25, 0.3) is 0 Å². The molecule has 2 aliphatic rings. The maximum absolute atomic E-state index is 14.4. The standard InChI is InChI=1S/C29H33Cl2FN4O4/c1-17(24-21(30)7-8-22(32)25(24)31)39-29(38-5)14-20(19-6-9-23(33)34-15-19)16-35-26(29)18-10-12-36(13-11-18)27(37)40-28(2,3)4/h6-10,15-17H,11-14H2,1-5H3,(H2,33,34)/t17?,29-/m1/s1. The Morgan fingerprint density at radius 2 is 1.95 bits per heavy atom. The summed E-state index contributed by atoms with van der Waals surface area (Å²) in [6, 6.07) is 6.19. The first-order valence-electron chi connectivity index (χ1n) is 12.9. The molecule has 2 N–H and O–H groups in total. The molecule has 0 radical (unpaired) electrons. The van der Waals surface area contributed by atoms with Crippen molar-refractivity contribution in [2.24, 2.45) is 4.99 Å². The van der Waals surface area contributed by atoms with Crippen LogP contribution in [0.15, 0.2) is 53.3 Å². The van der Waals surface area contributed by atoms with Gasteiger partial charge in [-0.25, -0.2) is 14.2 Å². The fourth-order valence-electron chi connectivity index (χ4n) is 4.67. The van der Waals surface area contributed by atoms with Crippen LogP contribution in [0.4, 0.5) is 15.0 Å². The predicted octanol–water partition coefficient (Wildman–Crippen LogP) is 6.98. The molecule has 3 heterocycles. The normalized spacial score (nSPS) is 20.4. The molecule has 214 valence electrons. The average molecular weight is 592 g/mol. The van der Waals surface area contributed by atoms with Gasteiger partial charge in [-0.05, 0) is 75.1 Å². The minimum Gasteiger partial charge on any atom is -0.444 e. The molecule has 4 rings (SSSR count). The first kappa shape index (κ1) is 30.0. The van der Waals surface area contributed by atoms with Crippen molar-refractivity contribution >= 4 is 46.4 Å². The quantitative estimate of drug-likeness (QED) is 0.287. The van der Waals surface area contributed by atoms with Crippen molar-refractivity contribution < 1.29 is 23.4 Å². The van der Waals surface area contributed by atoms with Crippen LogP contribution in [0.25, 0.3) is 5.57 Å². The highest BCUT2D eigenvalue weighted by molar-refractivity contribution is 6.36. The molecule has 0 fully saturated rings. The highest BCUT2D eigenvalue weighted by Gasteiger charge is 2.44. The number of methoxy groups -OCH3 is 1. The van der Waals surface area contributed by atoms with E-state index in [1.165, 1.54) is 19.2 Å². The molecule has 0 saturated carbocycles.